The van der Waals surface area contributed by atoms with Gasteiger partial charge in [-0.3, -0.25) is 0 Å². The molecular formula is C12H11NO6S. The zero-order valence-electron chi connectivity index (χ0n) is 10.4. The summed E-state index contributed by atoms with van der Waals surface area (Å²) in [5, 5.41) is 8.99. The fourth-order valence-electron chi connectivity index (χ4n) is 1.49. The van der Waals surface area contributed by atoms with Crippen LogP contribution in [-0.4, -0.2) is 38.3 Å². The Morgan fingerprint density at radius 1 is 1.35 bits per heavy atom. The number of sulfone groups is 1. The van der Waals surface area contributed by atoms with Gasteiger partial charge < -0.3 is 14.6 Å². The van der Waals surface area contributed by atoms with Crippen LogP contribution < -0.4 is 9.47 Å². The Labute approximate surface area is 115 Å². The second kappa shape index (κ2) is 5.33. The molecule has 0 radical (unpaired) electrons. The molecule has 0 unspecified atom stereocenters. The van der Waals surface area contributed by atoms with Crippen LogP contribution in [0, 0.1) is 0 Å². The van der Waals surface area contributed by atoms with Gasteiger partial charge in [0.1, 0.15) is 18.1 Å². The molecule has 0 saturated heterocycles. The van der Waals surface area contributed by atoms with Crippen molar-refractivity contribution >= 4 is 20.9 Å². The van der Waals surface area contributed by atoms with Crippen LogP contribution in [0.1, 0.15) is 0 Å². The quantitative estimate of drug-likeness (QED) is 0.863. The van der Waals surface area contributed by atoms with E-state index in [0.717, 1.165) is 0 Å². The lowest BCUT2D eigenvalue weighted by molar-refractivity contribution is -0.132. The van der Waals surface area contributed by atoms with Crippen LogP contribution in [0.4, 0.5) is 0 Å². The van der Waals surface area contributed by atoms with Crippen molar-refractivity contribution in [2.45, 2.75) is 0 Å². The molecule has 0 aliphatic carbocycles. The van der Waals surface area contributed by atoms with Crippen molar-refractivity contribution in [2.75, 3.05) is 13.7 Å². The molecule has 1 aliphatic rings. The van der Waals surface area contributed by atoms with E-state index in [2.05, 4.69) is 4.99 Å². The average Bonchev–Trinajstić information content (AvgIpc) is 2.72. The van der Waals surface area contributed by atoms with Gasteiger partial charge in [0, 0.05) is 6.07 Å². The minimum Gasteiger partial charge on any atom is -0.497 e. The Morgan fingerprint density at radius 3 is 2.65 bits per heavy atom. The number of carboxylic acids is 1. The average molecular weight is 297 g/mol. The molecule has 20 heavy (non-hydrogen) atoms. The van der Waals surface area contributed by atoms with Crippen molar-refractivity contribution in [2.24, 2.45) is 4.99 Å². The van der Waals surface area contributed by atoms with Crippen LogP contribution in [-0.2, 0) is 14.6 Å². The molecule has 0 aromatic heterocycles. The molecule has 2 rings (SSSR count). The number of rotatable bonds is 5. The monoisotopic (exact) mass is 297 g/mol. The van der Waals surface area contributed by atoms with E-state index in [1.165, 1.54) is 7.11 Å². The third-order valence-electron chi connectivity index (χ3n) is 2.46. The Morgan fingerprint density at radius 2 is 2.05 bits per heavy atom. The van der Waals surface area contributed by atoms with E-state index >= 15 is 0 Å². The predicted molar refractivity (Wildman–Crippen MR) is 70.6 cm³/mol. The summed E-state index contributed by atoms with van der Waals surface area (Å²) in [6.45, 7) is -0.344. The van der Waals surface area contributed by atoms with Crippen LogP contribution in [0.3, 0.4) is 0 Å². The number of aliphatic imine (C=N–C) groups is 1. The highest BCUT2D eigenvalue weighted by molar-refractivity contribution is 8.09. The van der Waals surface area contributed by atoms with Crippen LogP contribution >= 0.6 is 0 Å². The Bertz CT molecular complexity index is 704. The maximum Gasteiger partial charge on any atom is 0.355 e. The molecule has 7 nitrogen and oxygen atoms in total. The van der Waals surface area contributed by atoms with E-state index in [1.807, 2.05) is 0 Å². The highest BCUT2D eigenvalue weighted by Crippen LogP contribution is 2.20. The number of carbonyl (C=O) groups is 1. The first-order valence-electron chi connectivity index (χ1n) is 5.47. The SMILES string of the molecule is COc1cccc(OCC2=NC(C(=O)O)=CS2(=O)=O)c1. The minimum absolute atomic E-state index is 0.335. The molecule has 8 heteroatoms. The summed E-state index contributed by atoms with van der Waals surface area (Å²) in [5.41, 5.74) is -0.519. The van der Waals surface area contributed by atoms with Crippen molar-refractivity contribution in [3.8, 4) is 11.5 Å². The molecule has 0 amide bonds. The van der Waals surface area contributed by atoms with E-state index in [0.29, 0.717) is 16.9 Å². The summed E-state index contributed by atoms with van der Waals surface area (Å²) in [7, 11) is -2.32. The van der Waals surface area contributed by atoms with Crippen molar-refractivity contribution in [3.63, 3.8) is 0 Å². The molecule has 0 atom stereocenters. The van der Waals surface area contributed by atoms with Crippen LogP contribution in [0.25, 0.3) is 0 Å². The minimum atomic E-state index is -3.82. The summed E-state index contributed by atoms with van der Waals surface area (Å²) >= 11 is 0. The van der Waals surface area contributed by atoms with Crippen molar-refractivity contribution in [1.82, 2.24) is 0 Å². The van der Waals surface area contributed by atoms with Gasteiger partial charge in [-0.25, -0.2) is 18.2 Å². The van der Waals surface area contributed by atoms with Crippen molar-refractivity contribution in [3.05, 3.63) is 35.4 Å². The number of aliphatic carboxylic acids is 1. The molecule has 1 aromatic carbocycles. The molecular weight excluding hydrogens is 286 g/mol. The lowest BCUT2D eigenvalue weighted by Gasteiger charge is -2.07. The zero-order chi connectivity index (χ0) is 14.8. The lowest BCUT2D eigenvalue weighted by atomic mass is 10.3. The fourth-order valence-corrected chi connectivity index (χ4v) is 2.52. The van der Waals surface area contributed by atoms with E-state index in [1.54, 1.807) is 24.3 Å². The summed E-state index contributed by atoms with van der Waals surface area (Å²) < 4.78 is 33.6. The van der Waals surface area contributed by atoms with E-state index in [-0.39, 0.29) is 11.7 Å². The molecule has 0 saturated carbocycles. The predicted octanol–water partition coefficient (Wildman–Crippen LogP) is 0.827. The molecule has 0 fully saturated rings. The third-order valence-corrected chi connectivity index (χ3v) is 3.86. The van der Waals surface area contributed by atoms with Gasteiger partial charge in [0.2, 0.25) is 9.84 Å². The maximum absolute atomic E-state index is 11.6. The van der Waals surface area contributed by atoms with Crippen LogP contribution in [0.5, 0.6) is 11.5 Å². The number of carboxylic acid groups (broad SMARTS) is 1. The molecule has 0 spiro atoms. The highest BCUT2D eigenvalue weighted by atomic mass is 32.2. The van der Waals surface area contributed by atoms with E-state index < -0.39 is 21.5 Å². The summed E-state index contributed by atoms with van der Waals surface area (Å²) in [6.07, 6.45) is 0. The number of ether oxygens (including phenoxy) is 2. The molecule has 1 heterocycles. The van der Waals surface area contributed by atoms with Crippen LogP contribution in [0.15, 0.2) is 40.4 Å². The number of hydrogen-bond acceptors (Lipinski definition) is 6. The smallest absolute Gasteiger partial charge is 0.355 e. The van der Waals surface area contributed by atoms with Crippen molar-refractivity contribution in [1.29, 1.82) is 0 Å². The van der Waals surface area contributed by atoms with Gasteiger partial charge in [0.15, 0.2) is 10.7 Å². The van der Waals surface area contributed by atoms with Gasteiger partial charge in [-0.1, -0.05) is 6.07 Å². The Balaban J connectivity index is 2.12. The van der Waals surface area contributed by atoms with Crippen LogP contribution in [0.2, 0.25) is 0 Å². The van der Waals surface area contributed by atoms with Crippen molar-refractivity contribution < 1.29 is 27.8 Å². The standard InChI is InChI=1S/C12H11NO6S/c1-18-8-3-2-4-9(5-8)19-6-11-13-10(12(14)15)7-20(11,16)17/h2-5,7H,6H2,1H3,(H,14,15). The first-order chi connectivity index (χ1) is 9.42. The summed E-state index contributed by atoms with van der Waals surface area (Å²) in [6, 6.07) is 6.59. The largest absolute Gasteiger partial charge is 0.497 e. The number of hydrogen-bond donors (Lipinski definition) is 1. The summed E-state index contributed by atoms with van der Waals surface area (Å²) in [4.78, 5) is 14.2. The first kappa shape index (κ1) is 14.1. The van der Waals surface area contributed by atoms with Gasteiger partial charge in [0.25, 0.3) is 0 Å². The second-order valence-corrected chi connectivity index (χ2v) is 5.62. The van der Waals surface area contributed by atoms with Gasteiger partial charge in [-0.15, -0.1) is 0 Å². The maximum atomic E-state index is 11.6. The lowest BCUT2D eigenvalue weighted by Crippen LogP contribution is -2.17. The van der Waals surface area contributed by atoms with Gasteiger partial charge in [-0.2, -0.15) is 0 Å². The molecule has 1 aromatic rings. The topological polar surface area (TPSA) is 102 Å². The van der Waals surface area contributed by atoms with E-state index in [9.17, 15) is 13.2 Å². The first-order valence-corrected chi connectivity index (χ1v) is 7.01. The highest BCUT2D eigenvalue weighted by Gasteiger charge is 2.28. The number of benzene rings is 1. The van der Waals surface area contributed by atoms with Gasteiger partial charge >= 0.3 is 5.97 Å². The fraction of sp³-hybridized carbons (Fsp3) is 0.167. The van der Waals surface area contributed by atoms with Gasteiger partial charge in [0.05, 0.1) is 12.5 Å². The molecule has 106 valence electrons. The number of methoxy groups -OCH3 is 1. The van der Waals surface area contributed by atoms with Gasteiger partial charge in [-0.05, 0) is 12.1 Å². The zero-order valence-corrected chi connectivity index (χ0v) is 11.3. The summed E-state index contributed by atoms with van der Waals surface area (Å²) in [5.74, 6) is -0.445. The molecule has 1 aliphatic heterocycles. The third kappa shape index (κ3) is 2.97. The molecule has 1 N–H and O–H groups in total. The normalized spacial score (nSPS) is 16.2. The number of nitrogens with zero attached hydrogens (tertiary/aromatic N) is 1. The van der Waals surface area contributed by atoms with E-state index in [4.69, 9.17) is 14.6 Å². The Hall–Kier alpha value is -2.35. The second-order valence-electron chi connectivity index (χ2n) is 3.83. The molecule has 0 bridgehead atoms. The Kier molecular flexibility index (Phi) is 3.75.